The lowest BCUT2D eigenvalue weighted by Gasteiger charge is -2.08. The highest BCUT2D eigenvalue weighted by Crippen LogP contribution is 2.28. The molecule has 0 radical (unpaired) electrons. The Morgan fingerprint density at radius 2 is 2.06 bits per heavy atom. The van der Waals surface area contributed by atoms with E-state index >= 15 is 0 Å². The average Bonchev–Trinajstić information content (AvgIpc) is 2.41. The molecule has 0 atom stereocenters. The number of benzene rings is 1. The van der Waals surface area contributed by atoms with Crippen LogP contribution in [0, 0.1) is 11.3 Å². The number of anilines is 1. The van der Waals surface area contributed by atoms with Gasteiger partial charge in [-0.15, -0.1) is 0 Å². The third-order valence-electron chi connectivity index (χ3n) is 2.33. The van der Waals surface area contributed by atoms with Gasteiger partial charge >= 0.3 is 0 Å². The quantitative estimate of drug-likeness (QED) is 0.891. The molecule has 0 saturated heterocycles. The van der Waals surface area contributed by atoms with Crippen molar-refractivity contribution in [2.45, 2.75) is 0 Å². The zero-order valence-electron chi connectivity index (χ0n) is 9.75. The van der Waals surface area contributed by atoms with Gasteiger partial charge in [0.2, 0.25) is 5.88 Å². The third-order valence-corrected chi connectivity index (χ3v) is 2.33. The zero-order chi connectivity index (χ0) is 13.0. The first kappa shape index (κ1) is 11.7. The monoisotopic (exact) mass is 241 g/mol. The molecule has 1 heterocycles. The van der Waals surface area contributed by atoms with Crippen molar-refractivity contribution in [3.8, 4) is 23.4 Å². The summed E-state index contributed by atoms with van der Waals surface area (Å²) < 4.78 is 10.6. The van der Waals surface area contributed by atoms with E-state index in [-0.39, 0.29) is 11.6 Å². The van der Waals surface area contributed by atoms with Crippen LogP contribution in [0.2, 0.25) is 0 Å². The second-order valence-corrected chi connectivity index (χ2v) is 3.47. The summed E-state index contributed by atoms with van der Waals surface area (Å²) in [5.41, 5.74) is 6.33. The Labute approximate surface area is 104 Å². The van der Waals surface area contributed by atoms with Gasteiger partial charge in [0, 0.05) is 12.3 Å². The van der Waals surface area contributed by atoms with Crippen molar-refractivity contribution in [2.24, 2.45) is 0 Å². The van der Waals surface area contributed by atoms with Crippen LogP contribution in [0.25, 0.3) is 0 Å². The van der Waals surface area contributed by atoms with Crippen LogP contribution in [0.15, 0.2) is 36.5 Å². The van der Waals surface area contributed by atoms with Crippen molar-refractivity contribution in [1.29, 1.82) is 5.26 Å². The summed E-state index contributed by atoms with van der Waals surface area (Å²) >= 11 is 0. The highest BCUT2D eigenvalue weighted by molar-refractivity contribution is 5.60. The Balaban J connectivity index is 2.31. The SMILES string of the molecule is COc1cccc(Oc2nccc(C#N)c2N)c1. The van der Waals surface area contributed by atoms with Gasteiger partial charge in [0.25, 0.3) is 0 Å². The van der Waals surface area contributed by atoms with Gasteiger partial charge in [-0.3, -0.25) is 0 Å². The molecule has 0 unspecified atom stereocenters. The standard InChI is InChI=1S/C13H11N3O2/c1-17-10-3-2-4-11(7-10)18-13-12(15)9(8-14)5-6-16-13/h2-7H,15H2,1H3. The van der Waals surface area contributed by atoms with Crippen LogP contribution < -0.4 is 15.2 Å². The highest BCUT2D eigenvalue weighted by Gasteiger charge is 2.08. The van der Waals surface area contributed by atoms with Crippen LogP contribution in [0.4, 0.5) is 5.69 Å². The number of nitrogens with zero attached hydrogens (tertiary/aromatic N) is 2. The Morgan fingerprint density at radius 1 is 1.28 bits per heavy atom. The van der Waals surface area contributed by atoms with E-state index < -0.39 is 0 Å². The summed E-state index contributed by atoms with van der Waals surface area (Å²) in [6, 6.07) is 10.6. The largest absolute Gasteiger partial charge is 0.497 e. The number of nitriles is 1. The molecule has 0 aliphatic carbocycles. The Morgan fingerprint density at radius 3 is 2.78 bits per heavy atom. The molecular formula is C13H11N3O2. The molecule has 1 aromatic heterocycles. The second-order valence-electron chi connectivity index (χ2n) is 3.47. The Hall–Kier alpha value is -2.74. The Bertz CT molecular complexity index is 605. The second kappa shape index (κ2) is 5.06. The Kier molecular flexibility index (Phi) is 3.30. The molecule has 0 amide bonds. The fourth-order valence-corrected chi connectivity index (χ4v) is 1.41. The van der Waals surface area contributed by atoms with E-state index in [1.165, 1.54) is 12.3 Å². The number of aromatic nitrogens is 1. The van der Waals surface area contributed by atoms with E-state index in [1.807, 2.05) is 6.07 Å². The molecular weight excluding hydrogens is 230 g/mol. The fourth-order valence-electron chi connectivity index (χ4n) is 1.41. The fraction of sp³-hybridized carbons (Fsp3) is 0.0769. The van der Waals surface area contributed by atoms with Crippen LogP contribution >= 0.6 is 0 Å². The van der Waals surface area contributed by atoms with Gasteiger partial charge in [-0.05, 0) is 18.2 Å². The van der Waals surface area contributed by atoms with E-state index in [0.29, 0.717) is 17.1 Å². The summed E-state index contributed by atoms with van der Waals surface area (Å²) in [5, 5.41) is 8.86. The number of nitrogens with two attached hydrogens (primary N) is 1. The molecule has 0 saturated carbocycles. The van der Waals surface area contributed by atoms with Gasteiger partial charge in [0.1, 0.15) is 23.3 Å². The lowest BCUT2D eigenvalue weighted by molar-refractivity contribution is 0.407. The van der Waals surface area contributed by atoms with Crippen molar-refractivity contribution in [3.63, 3.8) is 0 Å². The molecule has 2 rings (SSSR count). The molecule has 0 spiro atoms. The number of nitrogen functional groups attached to an aromatic ring is 1. The topological polar surface area (TPSA) is 81.2 Å². The van der Waals surface area contributed by atoms with Crippen LogP contribution in [-0.4, -0.2) is 12.1 Å². The highest BCUT2D eigenvalue weighted by atomic mass is 16.5. The summed E-state index contributed by atoms with van der Waals surface area (Å²) in [6.07, 6.45) is 1.48. The first-order valence-corrected chi connectivity index (χ1v) is 5.21. The number of hydrogen-bond acceptors (Lipinski definition) is 5. The molecule has 0 aliphatic rings. The first-order valence-electron chi connectivity index (χ1n) is 5.21. The number of hydrogen-bond donors (Lipinski definition) is 1. The van der Waals surface area contributed by atoms with Gasteiger partial charge in [0.15, 0.2) is 0 Å². The van der Waals surface area contributed by atoms with E-state index in [9.17, 15) is 0 Å². The zero-order valence-corrected chi connectivity index (χ0v) is 9.75. The molecule has 5 heteroatoms. The predicted molar refractivity (Wildman–Crippen MR) is 66.4 cm³/mol. The third kappa shape index (κ3) is 2.33. The summed E-state index contributed by atoms with van der Waals surface area (Å²) in [5.74, 6) is 1.42. The summed E-state index contributed by atoms with van der Waals surface area (Å²) in [4.78, 5) is 4.00. The number of pyridine rings is 1. The first-order chi connectivity index (χ1) is 8.74. The average molecular weight is 241 g/mol. The maximum Gasteiger partial charge on any atom is 0.244 e. The minimum atomic E-state index is 0.210. The minimum absolute atomic E-state index is 0.210. The molecule has 0 fully saturated rings. The van der Waals surface area contributed by atoms with E-state index in [2.05, 4.69) is 4.98 Å². The number of ether oxygens (including phenoxy) is 2. The molecule has 5 nitrogen and oxygen atoms in total. The minimum Gasteiger partial charge on any atom is -0.497 e. The van der Waals surface area contributed by atoms with Crippen LogP contribution in [-0.2, 0) is 0 Å². The van der Waals surface area contributed by atoms with E-state index in [1.54, 1.807) is 31.4 Å². The molecule has 0 bridgehead atoms. The van der Waals surface area contributed by atoms with Gasteiger partial charge in [-0.2, -0.15) is 5.26 Å². The summed E-state index contributed by atoms with van der Waals surface area (Å²) in [6.45, 7) is 0. The molecule has 0 aliphatic heterocycles. The molecule has 90 valence electrons. The summed E-state index contributed by atoms with van der Waals surface area (Å²) in [7, 11) is 1.57. The van der Waals surface area contributed by atoms with Crippen molar-refractivity contribution in [1.82, 2.24) is 4.98 Å². The van der Waals surface area contributed by atoms with Crippen molar-refractivity contribution in [3.05, 3.63) is 42.1 Å². The molecule has 18 heavy (non-hydrogen) atoms. The van der Waals surface area contributed by atoms with Crippen molar-refractivity contribution < 1.29 is 9.47 Å². The lowest BCUT2D eigenvalue weighted by atomic mass is 10.2. The maximum absolute atomic E-state index is 8.86. The molecule has 2 aromatic rings. The van der Waals surface area contributed by atoms with Crippen molar-refractivity contribution >= 4 is 5.69 Å². The van der Waals surface area contributed by atoms with Gasteiger partial charge in [-0.1, -0.05) is 6.07 Å². The van der Waals surface area contributed by atoms with Crippen LogP contribution in [0.3, 0.4) is 0 Å². The molecule has 2 N–H and O–H groups in total. The number of methoxy groups -OCH3 is 1. The maximum atomic E-state index is 8.86. The molecule has 1 aromatic carbocycles. The van der Waals surface area contributed by atoms with Gasteiger partial charge in [-0.25, -0.2) is 4.98 Å². The van der Waals surface area contributed by atoms with E-state index in [0.717, 1.165) is 0 Å². The predicted octanol–water partition coefficient (Wildman–Crippen LogP) is 2.34. The normalized spacial score (nSPS) is 9.56. The van der Waals surface area contributed by atoms with Gasteiger partial charge in [0.05, 0.1) is 12.7 Å². The number of rotatable bonds is 3. The van der Waals surface area contributed by atoms with Gasteiger partial charge < -0.3 is 15.2 Å². The smallest absolute Gasteiger partial charge is 0.244 e. The lowest BCUT2D eigenvalue weighted by Crippen LogP contribution is -1.97. The van der Waals surface area contributed by atoms with Crippen molar-refractivity contribution in [2.75, 3.05) is 12.8 Å². The van der Waals surface area contributed by atoms with Crippen LogP contribution in [0.1, 0.15) is 5.56 Å². The van der Waals surface area contributed by atoms with Crippen LogP contribution in [0.5, 0.6) is 17.4 Å². The van der Waals surface area contributed by atoms with E-state index in [4.69, 9.17) is 20.5 Å².